The van der Waals surface area contributed by atoms with E-state index in [4.69, 9.17) is 10.8 Å². The van der Waals surface area contributed by atoms with Gasteiger partial charge in [0, 0.05) is 12.2 Å². The molecule has 0 aliphatic carbocycles. The Morgan fingerprint density at radius 2 is 1.45 bits per heavy atom. The van der Waals surface area contributed by atoms with Crippen LogP contribution in [0.4, 0.5) is 0 Å². The summed E-state index contributed by atoms with van der Waals surface area (Å²) in [5.41, 5.74) is 6.04. The number of carboxylic acid groups (broad SMARTS) is 1. The largest absolute Gasteiger partial charge is 0.508 e. The van der Waals surface area contributed by atoms with Crippen molar-refractivity contribution in [3.63, 3.8) is 0 Å². The maximum Gasteiger partial charge on any atom is 0.326 e. The summed E-state index contributed by atoms with van der Waals surface area (Å²) in [6.07, 6.45) is 0.185. The van der Waals surface area contributed by atoms with Crippen molar-refractivity contribution in [2.75, 3.05) is 12.4 Å². The van der Waals surface area contributed by atoms with Crippen LogP contribution in [-0.2, 0) is 25.6 Å². The number of amides is 3. The molecule has 4 atom stereocenters. The van der Waals surface area contributed by atoms with Crippen molar-refractivity contribution in [1.82, 2.24) is 16.0 Å². The van der Waals surface area contributed by atoms with Crippen LogP contribution in [-0.4, -0.2) is 75.5 Å². The molecule has 0 saturated heterocycles. The maximum atomic E-state index is 12.9. The first-order valence-electron chi connectivity index (χ1n) is 10.4. The minimum Gasteiger partial charge on any atom is -0.508 e. The minimum absolute atomic E-state index is 0.00366. The molecule has 8 N–H and O–H groups in total. The van der Waals surface area contributed by atoms with Crippen LogP contribution in [0.2, 0.25) is 0 Å². The molecule has 0 saturated carbocycles. The summed E-state index contributed by atoms with van der Waals surface area (Å²) in [6.45, 7) is 3.01. The van der Waals surface area contributed by atoms with E-state index in [1.165, 1.54) is 12.1 Å². The quantitative estimate of drug-likeness (QED) is 0.160. The summed E-state index contributed by atoms with van der Waals surface area (Å²) < 4.78 is 0. The Bertz CT molecular complexity index is 819. The number of aliphatic hydroxyl groups is 1. The zero-order chi connectivity index (χ0) is 25.1. The molecule has 0 aromatic heterocycles. The highest BCUT2D eigenvalue weighted by Crippen LogP contribution is 2.12. The van der Waals surface area contributed by atoms with Crippen LogP contribution in [0.3, 0.4) is 0 Å². The van der Waals surface area contributed by atoms with E-state index in [2.05, 4.69) is 28.6 Å². The number of hydrogen-bond acceptors (Lipinski definition) is 8. The van der Waals surface area contributed by atoms with Crippen molar-refractivity contribution in [2.24, 2.45) is 11.7 Å². The van der Waals surface area contributed by atoms with E-state index in [1.807, 2.05) is 13.8 Å². The summed E-state index contributed by atoms with van der Waals surface area (Å²) in [4.78, 5) is 49.2. The van der Waals surface area contributed by atoms with E-state index in [-0.39, 0.29) is 30.3 Å². The number of phenols is 1. The fourth-order valence-corrected chi connectivity index (χ4v) is 3.13. The van der Waals surface area contributed by atoms with Gasteiger partial charge >= 0.3 is 5.97 Å². The lowest BCUT2D eigenvalue weighted by molar-refractivity contribution is -0.142. The van der Waals surface area contributed by atoms with E-state index in [0.717, 1.165) is 0 Å². The molecule has 0 radical (unpaired) electrons. The normalized spacial score (nSPS) is 14.6. The summed E-state index contributed by atoms with van der Waals surface area (Å²) in [7, 11) is 0. The first-order valence-corrected chi connectivity index (χ1v) is 11.0. The number of benzene rings is 1. The number of aliphatic carboxylic acids is 1. The molecule has 1 aromatic rings. The smallest absolute Gasteiger partial charge is 0.326 e. The van der Waals surface area contributed by atoms with E-state index < -0.39 is 54.5 Å². The van der Waals surface area contributed by atoms with Crippen LogP contribution < -0.4 is 21.7 Å². The van der Waals surface area contributed by atoms with Crippen LogP contribution in [0.25, 0.3) is 0 Å². The third-order valence-corrected chi connectivity index (χ3v) is 5.05. The SMILES string of the molecule is CC(C)CC(NC(=O)C(Cc1ccc(O)cc1)NC(=O)C(CS)NC(=O)C(N)CO)C(=O)O. The van der Waals surface area contributed by atoms with E-state index in [0.29, 0.717) is 5.56 Å². The van der Waals surface area contributed by atoms with E-state index in [1.54, 1.807) is 12.1 Å². The fourth-order valence-electron chi connectivity index (χ4n) is 2.87. The van der Waals surface area contributed by atoms with Crippen LogP contribution in [0.1, 0.15) is 25.8 Å². The van der Waals surface area contributed by atoms with Crippen molar-refractivity contribution >= 4 is 36.3 Å². The number of hydrogen-bond donors (Lipinski definition) is 8. The number of carbonyl (C=O) groups is 4. The standard InChI is InChI=1S/C21H32N4O7S/c1-11(2)7-16(21(31)32)24-19(29)15(8-12-3-5-13(27)6-4-12)23-20(30)17(10-33)25-18(28)14(22)9-26/h3-6,11,14-17,26-27,33H,7-10,22H2,1-2H3,(H,23,30)(H,24,29)(H,25,28)(H,31,32). The lowest BCUT2D eigenvalue weighted by Gasteiger charge is -2.25. The summed E-state index contributed by atoms with van der Waals surface area (Å²) in [6, 6.07) is 1.23. The van der Waals surface area contributed by atoms with Gasteiger partial charge in [-0.15, -0.1) is 0 Å². The van der Waals surface area contributed by atoms with Crippen molar-refractivity contribution < 1.29 is 34.5 Å². The van der Waals surface area contributed by atoms with Gasteiger partial charge in [0.15, 0.2) is 0 Å². The second kappa shape index (κ2) is 13.7. The summed E-state index contributed by atoms with van der Waals surface area (Å²) in [5, 5.41) is 35.2. The van der Waals surface area contributed by atoms with Gasteiger partial charge in [0.1, 0.15) is 29.9 Å². The van der Waals surface area contributed by atoms with Crippen molar-refractivity contribution in [3.8, 4) is 5.75 Å². The minimum atomic E-state index is -1.23. The number of aromatic hydroxyl groups is 1. The highest BCUT2D eigenvalue weighted by Gasteiger charge is 2.30. The molecule has 11 nitrogen and oxygen atoms in total. The molecule has 0 aliphatic rings. The Kier molecular flexibility index (Phi) is 11.7. The first kappa shape index (κ1) is 28.2. The van der Waals surface area contributed by atoms with Crippen LogP contribution in [0.15, 0.2) is 24.3 Å². The number of nitrogens with one attached hydrogen (secondary N) is 3. The first-order chi connectivity index (χ1) is 15.5. The average molecular weight is 485 g/mol. The molecule has 184 valence electrons. The van der Waals surface area contributed by atoms with Crippen LogP contribution in [0.5, 0.6) is 5.75 Å². The highest BCUT2D eigenvalue weighted by molar-refractivity contribution is 7.80. The maximum absolute atomic E-state index is 12.9. The highest BCUT2D eigenvalue weighted by atomic mass is 32.1. The second-order valence-corrected chi connectivity index (χ2v) is 8.36. The molecule has 33 heavy (non-hydrogen) atoms. The second-order valence-electron chi connectivity index (χ2n) is 7.99. The summed E-state index contributed by atoms with van der Waals surface area (Å²) in [5.74, 6) is -3.53. The van der Waals surface area contributed by atoms with Crippen LogP contribution in [0, 0.1) is 5.92 Å². The average Bonchev–Trinajstić information content (AvgIpc) is 2.76. The monoisotopic (exact) mass is 484 g/mol. The van der Waals surface area contributed by atoms with Crippen LogP contribution >= 0.6 is 12.6 Å². The fraction of sp³-hybridized carbons (Fsp3) is 0.524. The van der Waals surface area contributed by atoms with Gasteiger partial charge in [0.2, 0.25) is 17.7 Å². The molecule has 0 aliphatic heterocycles. The number of carboxylic acids is 1. The number of rotatable bonds is 13. The van der Waals surface area contributed by atoms with E-state index >= 15 is 0 Å². The molecule has 0 bridgehead atoms. The number of aliphatic hydroxyl groups excluding tert-OH is 1. The van der Waals surface area contributed by atoms with Gasteiger partial charge in [0.25, 0.3) is 0 Å². The molecular formula is C21H32N4O7S. The lowest BCUT2D eigenvalue weighted by atomic mass is 10.0. The molecule has 12 heteroatoms. The van der Waals surface area contributed by atoms with Gasteiger partial charge < -0.3 is 37.0 Å². The molecule has 1 rings (SSSR count). The zero-order valence-electron chi connectivity index (χ0n) is 18.5. The predicted octanol–water partition coefficient (Wildman–Crippen LogP) is -1.23. The van der Waals surface area contributed by atoms with Gasteiger partial charge in [0.05, 0.1) is 6.61 Å². The summed E-state index contributed by atoms with van der Waals surface area (Å²) >= 11 is 4.05. The van der Waals surface area contributed by atoms with Crippen molar-refractivity contribution in [1.29, 1.82) is 0 Å². The molecule has 0 fully saturated rings. The predicted molar refractivity (Wildman–Crippen MR) is 124 cm³/mol. The number of thiol groups is 1. The third-order valence-electron chi connectivity index (χ3n) is 4.68. The van der Waals surface area contributed by atoms with Gasteiger partial charge in [-0.2, -0.15) is 12.6 Å². The molecule has 0 heterocycles. The lowest BCUT2D eigenvalue weighted by Crippen LogP contribution is -2.58. The van der Waals surface area contributed by atoms with Crippen molar-refractivity contribution in [3.05, 3.63) is 29.8 Å². The number of phenolic OH excluding ortho intramolecular Hbond substituents is 1. The van der Waals surface area contributed by atoms with Gasteiger partial charge in [-0.1, -0.05) is 26.0 Å². The van der Waals surface area contributed by atoms with Crippen molar-refractivity contribution in [2.45, 2.75) is 50.9 Å². The molecular weight excluding hydrogens is 452 g/mol. The Morgan fingerprint density at radius 3 is 1.94 bits per heavy atom. The van der Waals surface area contributed by atoms with Gasteiger partial charge in [-0.25, -0.2) is 4.79 Å². The zero-order valence-corrected chi connectivity index (χ0v) is 19.4. The molecule has 0 spiro atoms. The Morgan fingerprint density at radius 1 is 0.939 bits per heavy atom. The van der Waals surface area contributed by atoms with E-state index in [9.17, 15) is 29.4 Å². The molecule has 3 amide bonds. The Hall–Kier alpha value is -2.83. The number of nitrogens with two attached hydrogens (primary N) is 1. The number of carbonyl (C=O) groups excluding carboxylic acids is 3. The topological polar surface area (TPSA) is 191 Å². The Balaban J connectivity index is 3.06. The third kappa shape index (κ3) is 9.68. The molecule has 4 unspecified atom stereocenters. The molecule has 1 aromatic carbocycles. The Labute approximate surface area is 197 Å². The van der Waals surface area contributed by atoms with Gasteiger partial charge in [-0.05, 0) is 30.0 Å². The van der Waals surface area contributed by atoms with Gasteiger partial charge in [-0.3, -0.25) is 14.4 Å².